The zero-order valence-corrected chi connectivity index (χ0v) is 25.9. The number of carbonyl (C=O) groups excluding carboxylic acids is 1. The van der Waals surface area contributed by atoms with E-state index in [9.17, 15) is 19.5 Å². The molecule has 0 radical (unpaired) electrons. The van der Waals surface area contributed by atoms with Crippen LogP contribution in [0.5, 0.6) is 5.88 Å². The molecule has 12 heteroatoms. The van der Waals surface area contributed by atoms with Gasteiger partial charge in [0.25, 0.3) is 11.5 Å². The average molecular weight is 613 g/mol. The number of aromatic nitrogens is 4. The molecule has 1 saturated heterocycles. The highest BCUT2D eigenvalue weighted by Crippen LogP contribution is 2.41. The highest BCUT2D eigenvalue weighted by atomic mass is 16.5. The van der Waals surface area contributed by atoms with Crippen molar-refractivity contribution < 1.29 is 19.4 Å². The summed E-state index contributed by atoms with van der Waals surface area (Å²) in [7, 11) is 4.32. The van der Waals surface area contributed by atoms with Gasteiger partial charge in [-0.05, 0) is 66.6 Å². The summed E-state index contributed by atoms with van der Waals surface area (Å²) in [5.41, 5.74) is 6.39. The number of anilines is 1. The smallest absolute Gasteiger partial charge is 0.346 e. The first-order chi connectivity index (χ1) is 21.6. The van der Waals surface area contributed by atoms with E-state index in [4.69, 9.17) is 14.5 Å². The van der Waals surface area contributed by atoms with Crippen LogP contribution in [0.25, 0.3) is 22.4 Å². The average Bonchev–Trinajstić information content (AvgIpc) is 3.64. The summed E-state index contributed by atoms with van der Waals surface area (Å²) in [4.78, 5) is 42.6. The standard InChI is InChI=1S/C33H36N6O6/c1-17-20(21-9-7-11-23(18(21)2)35-30(41)29-32(42)38(3)33(43)39(4)37-29)8-6-10-22(17)25-14-19-12-13-24(28(19)31(36-25)44-5)34-26-15-45-16-27(26)40/h6-11,14,24,26-27,34,40H,12-13,15-16H2,1-5H3,(H,35,41)/t24-,26+,27-/m0/s1. The van der Waals surface area contributed by atoms with Gasteiger partial charge in [0.15, 0.2) is 0 Å². The molecule has 3 N–H and O–H groups in total. The molecular weight excluding hydrogens is 576 g/mol. The van der Waals surface area contributed by atoms with Gasteiger partial charge in [0.1, 0.15) is 0 Å². The van der Waals surface area contributed by atoms with E-state index in [1.807, 2.05) is 44.2 Å². The first kappa shape index (κ1) is 30.4. The Morgan fingerprint density at radius 1 is 1.04 bits per heavy atom. The van der Waals surface area contributed by atoms with E-state index in [2.05, 4.69) is 21.8 Å². The molecule has 1 aliphatic heterocycles. The molecule has 0 spiro atoms. The maximum Gasteiger partial charge on any atom is 0.346 e. The summed E-state index contributed by atoms with van der Waals surface area (Å²) in [6.45, 7) is 4.75. The molecule has 3 heterocycles. The number of hydrogen-bond acceptors (Lipinski definition) is 9. The van der Waals surface area contributed by atoms with Gasteiger partial charge in [0.2, 0.25) is 11.6 Å². The van der Waals surface area contributed by atoms with Crippen molar-refractivity contribution in [2.45, 2.75) is 44.9 Å². The van der Waals surface area contributed by atoms with Crippen molar-refractivity contribution in [2.75, 3.05) is 25.6 Å². The Bertz CT molecular complexity index is 1930. The predicted octanol–water partition coefficient (Wildman–Crippen LogP) is 2.42. The van der Waals surface area contributed by atoms with Crippen molar-refractivity contribution in [3.05, 3.63) is 91.3 Å². The van der Waals surface area contributed by atoms with Crippen LogP contribution in [0.3, 0.4) is 0 Å². The summed E-state index contributed by atoms with van der Waals surface area (Å²) in [5.74, 6) is -0.135. The molecule has 1 amide bonds. The van der Waals surface area contributed by atoms with Crippen LogP contribution in [-0.4, -0.2) is 62.8 Å². The number of pyridine rings is 1. The van der Waals surface area contributed by atoms with Gasteiger partial charge in [-0.15, -0.1) is 0 Å². The van der Waals surface area contributed by atoms with Crippen LogP contribution in [0.15, 0.2) is 52.1 Å². The van der Waals surface area contributed by atoms with E-state index in [0.29, 0.717) is 24.8 Å². The van der Waals surface area contributed by atoms with Crippen molar-refractivity contribution in [1.82, 2.24) is 24.6 Å². The van der Waals surface area contributed by atoms with Crippen molar-refractivity contribution >= 4 is 11.6 Å². The second-order valence-electron chi connectivity index (χ2n) is 11.6. The largest absolute Gasteiger partial charge is 0.481 e. The van der Waals surface area contributed by atoms with Gasteiger partial charge < -0.3 is 25.2 Å². The summed E-state index contributed by atoms with van der Waals surface area (Å²) in [6.07, 6.45) is 1.19. The highest BCUT2D eigenvalue weighted by molar-refractivity contribution is 6.03. The molecule has 12 nitrogen and oxygen atoms in total. The second-order valence-corrected chi connectivity index (χ2v) is 11.6. The lowest BCUT2D eigenvalue weighted by Crippen LogP contribution is -2.43. The molecule has 234 valence electrons. The number of methoxy groups -OCH3 is 1. The molecule has 0 unspecified atom stereocenters. The number of ether oxygens (including phenoxy) is 2. The molecule has 4 aromatic rings. The molecule has 45 heavy (non-hydrogen) atoms. The summed E-state index contributed by atoms with van der Waals surface area (Å²) >= 11 is 0. The Morgan fingerprint density at radius 2 is 1.76 bits per heavy atom. The Morgan fingerprint density at radius 3 is 2.47 bits per heavy atom. The molecule has 6 rings (SSSR count). The molecule has 2 aliphatic rings. The van der Waals surface area contributed by atoms with E-state index in [0.717, 1.165) is 66.7 Å². The lowest BCUT2D eigenvalue weighted by Gasteiger charge is -2.22. The Balaban J connectivity index is 1.32. The van der Waals surface area contributed by atoms with Crippen LogP contribution in [0.4, 0.5) is 5.69 Å². The minimum Gasteiger partial charge on any atom is -0.481 e. The Kier molecular flexibility index (Phi) is 8.12. The van der Waals surface area contributed by atoms with E-state index in [1.54, 1.807) is 13.2 Å². The van der Waals surface area contributed by atoms with Gasteiger partial charge in [0, 0.05) is 37.0 Å². The van der Waals surface area contributed by atoms with E-state index in [1.165, 1.54) is 14.1 Å². The minimum atomic E-state index is -0.766. The number of aliphatic hydroxyl groups is 1. The summed E-state index contributed by atoms with van der Waals surface area (Å²) in [5, 5.41) is 20.5. The fourth-order valence-corrected chi connectivity index (χ4v) is 6.32. The number of fused-ring (bicyclic) bond motifs is 1. The molecule has 3 atom stereocenters. The van der Waals surface area contributed by atoms with Gasteiger partial charge in [-0.3, -0.25) is 14.2 Å². The van der Waals surface area contributed by atoms with Crippen LogP contribution in [-0.2, 0) is 25.3 Å². The highest BCUT2D eigenvalue weighted by Gasteiger charge is 2.34. The number of rotatable bonds is 7. The van der Waals surface area contributed by atoms with Crippen LogP contribution in [0.1, 0.15) is 45.2 Å². The molecule has 1 fully saturated rings. The van der Waals surface area contributed by atoms with Crippen molar-refractivity contribution in [3.63, 3.8) is 0 Å². The first-order valence-corrected chi connectivity index (χ1v) is 14.8. The van der Waals surface area contributed by atoms with Crippen LogP contribution < -0.4 is 26.6 Å². The fraction of sp³-hybridized carbons (Fsp3) is 0.364. The van der Waals surface area contributed by atoms with Gasteiger partial charge in [0.05, 0.1) is 38.2 Å². The maximum atomic E-state index is 13.1. The molecular formula is C33H36N6O6. The third-order valence-corrected chi connectivity index (χ3v) is 8.84. The molecule has 0 bridgehead atoms. The van der Waals surface area contributed by atoms with Crippen LogP contribution >= 0.6 is 0 Å². The lowest BCUT2D eigenvalue weighted by atomic mass is 9.91. The first-order valence-electron chi connectivity index (χ1n) is 14.8. The maximum absolute atomic E-state index is 13.1. The predicted molar refractivity (Wildman–Crippen MR) is 169 cm³/mol. The van der Waals surface area contributed by atoms with Gasteiger partial charge in [-0.2, -0.15) is 5.10 Å². The molecule has 2 aromatic carbocycles. The van der Waals surface area contributed by atoms with Crippen LogP contribution in [0, 0.1) is 13.8 Å². The van der Waals surface area contributed by atoms with Crippen LogP contribution in [0.2, 0.25) is 0 Å². The SMILES string of the molecule is COc1nc(-c2cccc(-c3cccc(NC(=O)c4nn(C)c(=O)n(C)c4=O)c3C)c2C)cc2c1[C@@H](N[C@@H]1COC[C@@H]1O)CC2. The zero-order chi connectivity index (χ0) is 32.0. The van der Waals surface area contributed by atoms with Crippen molar-refractivity contribution in [2.24, 2.45) is 14.1 Å². The number of nitrogens with one attached hydrogen (secondary N) is 2. The van der Waals surface area contributed by atoms with Crippen molar-refractivity contribution in [1.29, 1.82) is 0 Å². The molecule has 0 saturated carbocycles. The van der Waals surface area contributed by atoms with E-state index >= 15 is 0 Å². The normalized spacial score (nSPS) is 19.0. The Labute approximate surface area is 259 Å². The lowest BCUT2D eigenvalue weighted by molar-refractivity contribution is 0.101. The number of aryl methyl sites for hydroxylation is 2. The number of carbonyl (C=O) groups is 1. The van der Waals surface area contributed by atoms with Gasteiger partial charge >= 0.3 is 5.69 Å². The number of aliphatic hydroxyl groups excluding tert-OH is 1. The van der Waals surface area contributed by atoms with E-state index < -0.39 is 23.3 Å². The van der Waals surface area contributed by atoms with E-state index in [-0.39, 0.29) is 17.8 Å². The Hall–Kier alpha value is -4.65. The number of benzene rings is 2. The van der Waals surface area contributed by atoms with Gasteiger partial charge in [-0.25, -0.2) is 14.5 Å². The number of amides is 1. The van der Waals surface area contributed by atoms with Gasteiger partial charge in [-0.1, -0.05) is 30.3 Å². The molecule has 2 aromatic heterocycles. The quantitative estimate of drug-likeness (QED) is 0.286. The molecule has 1 aliphatic carbocycles. The van der Waals surface area contributed by atoms with Crippen molar-refractivity contribution in [3.8, 4) is 28.3 Å². The monoisotopic (exact) mass is 612 g/mol. The summed E-state index contributed by atoms with van der Waals surface area (Å²) < 4.78 is 13.0. The fourth-order valence-electron chi connectivity index (χ4n) is 6.32. The zero-order valence-electron chi connectivity index (χ0n) is 25.9. The third-order valence-electron chi connectivity index (χ3n) is 8.84. The number of hydrogen-bond donors (Lipinski definition) is 3. The number of nitrogens with zero attached hydrogens (tertiary/aromatic N) is 4. The topological polar surface area (TPSA) is 150 Å². The second kappa shape index (κ2) is 12.0. The third kappa shape index (κ3) is 5.45. The minimum absolute atomic E-state index is 0.0158. The summed E-state index contributed by atoms with van der Waals surface area (Å²) in [6, 6.07) is 13.6.